The highest BCUT2D eigenvalue weighted by Crippen LogP contribution is 2.25. The van der Waals surface area contributed by atoms with Gasteiger partial charge >= 0.3 is 5.97 Å². The largest absolute Gasteiger partial charge is 0.481 e. The van der Waals surface area contributed by atoms with Gasteiger partial charge < -0.3 is 10.4 Å². The van der Waals surface area contributed by atoms with Crippen molar-refractivity contribution in [2.75, 3.05) is 11.9 Å². The van der Waals surface area contributed by atoms with E-state index in [4.69, 9.17) is 5.11 Å². The van der Waals surface area contributed by atoms with E-state index in [0.717, 1.165) is 12.1 Å². The summed E-state index contributed by atoms with van der Waals surface area (Å²) in [5.74, 6) is -0.770. The van der Waals surface area contributed by atoms with E-state index in [9.17, 15) is 4.79 Å². The zero-order chi connectivity index (χ0) is 13.2. The maximum absolute atomic E-state index is 11.0. The molecule has 1 aromatic rings. The average Bonchev–Trinajstić information content (AvgIpc) is 2.36. The van der Waals surface area contributed by atoms with Crippen LogP contribution in [0.5, 0.6) is 0 Å². The molecular formula is C15H21NO2. The summed E-state index contributed by atoms with van der Waals surface area (Å²) < 4.78 is 0. The molecule has 0 atom stereocenters. The first-order chi connectivity index (χ1) is 8.49. The second-order valence-electron chi connectivity index (χ2n) is 5.73. The van der Waals surface area contributed by atoms with E-state index >= 15 is 0 Å². The zero-order valence-corrected chi connectivity index (χ0v) is 11.1. The molecule has 0 spiro atoms. The van der Waals surface area contributed by atoms with Crippen molar-refractivity contribution in [2.45, 2.75) is 39.5 Å². The number of hydrogen-bond acceptors (Lipinski definition) is 2. The van der Waals surface area contributed by atoms with Crippen LogP contribution in [0.3, 0.4) is 0 Å². The van der Waals surface area contributed by atoms with Crippen LogP contribution in [0.25, 0.3) is 0 Å². The minimum absolute atomic E-state index is 0.446. The van der Waals surface area contributed by atoms with Crippen molar-refractivity contribution in [3.63, 3.8) is 0 Å². The molecule has 0 aromatic heterocycles. The van der Waals surface area contributed by atoms with Crippen LogP contribution in [-0.4, -0.2) is 17.6 Å². The Morgan fingerprint density at radius 3 is 2.61 bits per heavy atom. The predicted octanol–water partition coefficient (Wildman–Crippen LogP) is 3.09. The van der Waals surface area contributed by atoms with Gasteiger partial charge in [0.2, 0.25) is 0 Å². The lowest BCUT2D eigenvalue weighted by Crippen LogP contribution is -2.31. The summed E-state index contributed by atoms with van der Waals surface area (Å²) in [6.07, 6.45) is 4.87. The fourth-order valence-corrected chi connectivity index (χ4v) is 2.24. The van der Waals surface area contributed by atoms with Crippen molar-refractivity contribution in [3.8, 4) is 0 Å². The summed E-state index contributed by atoms with van der Waals surface area (Å²) in [5.41, 5.74) is 3.16. The smallest absolute Gasteiger partial charge is 0.310 e. The number of carboxylic acid groups (broad SMARTS) is 1. The molecule has 1 aliphatic carbocycles. The maximum Gasteiger partial charge on any atom is 0.310 e. The van der Waals surface area contributed by atoms with Gasteiger partial charge in [-0.2, -0.15) is 0 Å². The van der Waals surface area contributed by atoms with Crippen molar-refractivity contribution in [2.24, 2.45) is 5.41 Å². The fraction of sp³-hybridized carbons (Fsp3) is 0.533. The van der Waals surface area contributed by atoms with E-state index in [2.05, 4.69) is 23.5 Å². The Hall–Kier alpha value is -1.51. The number of hydrogen-bond donors (Lipinski definition) is 2. The first kappa shape index (κ1) is 12.9. The molecule has 0 saturated carbocycles. The molecular weight excluding hydrogens is 226 g/mol. The third kappa shape index (κ3) is 2.84. The molecule has 2 N–H and O–H groups in total. The first-order valence-corrected chi connectivity index (χ1v) is 6.58. The number of aliphatic carboxylic acids is 1. The number of anilines is 1. The molecule has 0 heterocycles. The maximum atomic E-state index is 11.0. The summed E-state index contributed by atoms with van der Waals surface area (Å²) in [6.45, 7) is 3.92. The predicted molar refractivity (Wildman–Crippen MR) is 73.0 cm³/mol. The Morgan fingerprint density at radius 2 is 1.94 bits per heavy atom. The molecule has 0 fully saturated rings. The summed E-state index contributed by atoms with van der Waals surface area (Å²) >= 11 is 0. The molecule has 0 unspecified atom stereocenters. The molecule has 0 aliphatic heterocycles. The summed E-state index contributed by atoms with van der Waals surface area (Å²) in [4.78, 5) is 11.0. The van der Waals surface area contributed by atoms with Crippen LogP contribution < -0.4 is 5.32 Å². The van der Waals surface area contributed by atoms with E-state index in [1.807, 2.05) is 0 Å². The first-order valence-electron chi connectivity index (χ1n) is 6.58. The van der Waals surface area contributed by atoms with E-state index in [0.29, 0.717) is 6.54 Å². The summed E-state index contributed by atoms with van der Waals surface area (Å²) in [7, 11) is 0. The van der Waals surface area contributed by atoms with E-state index < -0.39 is 11.4 Å². The van der Waals surface area contributed by atoms with Gasteiger partial charge in [0.25, 0.3) is 0 Å². The lowest BCUT2D eigenvalue weighted by atomic mass is 9.91. The Kier molecular flexibility index (Phi) is 3.60. The van der Waals surface area contributed by atoms with Crippen molar-refractivity contribution in [1.82, 2.24) is 0 Å². The molecule has 3 nitrogen and oxygen atoms in total. The minimum atomic E-state index is -0.770. The lowest BCUT2D eigenvalue weighted by molar-refractivity contribution is -0.146. The zero-order valence-electron chi connectivity index (χ0n) is 11.1. The van der Waals surface area contributed by atoms with Crippen molar-refractivity contribution in [1.29, 1.82) is 0 Å². The average molecular weight is 247 g/mol. The van der Waals surface area contributed by atoms with Gasteiger partial charge in [-0.15, -0.1) is 0 Å². The van der Waals surface area contributed by atoms with Crippen LogP contribution in [0.2, 0.25) is 0 Å². The molecule has 98 valence electrons. The van der Waals surface area contributed by atoms with Gasteiger partial charge in [-0.05, 0) is 62.8 Å². The van der Waals surface area contributed by atoms with Crippen LogP contribution in [0.4, 0.5) is 5.69 Å². The van der Waals surface area contributed by atoms with Gasteiger partial charge in [0.05, 0.1) is 5.41 Å². The van der Waals surface area contributed by atoms with Gasteiger partial charge in [0, 0.05) is 12.2 Å². The highest BCUT2D eigenvalue weighted by atomic mass is 16.4. The number of carbonyl (C=O) groups is 1. The second kappa shape index (κ2) is 5.01. The Morgan fingerprint density at radius 1 is 1.28 bits per heavy atom. The van der Waals surface area contributed by atoms with Gasteiger partial charge in [-0.25, -0.2) is 0 Å². The van der Waals surface area contributed by atoms with Gasteiger partial charge in [0.1, 0.15) is 0 Å². The Balaban J connectivity index is 2.04. The minimum Gasteiger partial charge on any atom is -0.481 e. The van der Waals surface area contributed by atoms with Crippen molar-refractivity contribution in [3.05, 3.63) is 29.3 Å². The van der Waals surface area contributed by atoms with Crippen LogP contribution in [0, 0.1) is 5.41 Å². The fourth-order valence-electron chi connectivity index (χ4n) is 2.24. The lowest BCUT2D eigenvalue weighted by Gasteiger charge is -2.22. The van der Waals surface area contributed by atoms with Gasteiger partial charge in [-0.3, -0.25) is 4.79 Å². The van der Waals surface area contributed by atoms with Crippen LogP contribution in [0.1, 0.15) is 37.8 Å². The Labute approximate surface area is 108 Å². The molecule has 1 aliphatic rings. The normalized spacial score (nSPS) is 15.0. The summed E-state index contributed by atoms with van der Waals surface area (Å²) in [6, 6.07) is 6.40. The number of rotatable bonds is 4. The third-order valence-corrected chi connectivity index (χ3v) is 3.66. The molecule has 1 aromatic carbocycles. The monoisotopic (exact) mass is 247 g/mol. The standard InChI is InChI=1S/C15H21NO2/c1-15(2,14(17)18)10-16-13-8-7-11-5-3-4-6-12(11)9-13/h7-9,16H,3-6,10H2,1-2H3,(H,17,18). The highest BCUT2D eigenvalue weighted by Gasteiger charge is 2.26. The quantitative estimate of drug-likeness (QED) is 0.859. The van der Waals surface area contributed by atoms with Crippen LogP contribution in [-0.2, 0) is 17.6 Å². The number of fused-ring (bicyclic) bond motifs is 1. The number of nitrogens with one attached hydrogen (secondary N) is 1. The van der Waals surface area contributed by atoms with E-state index in [1.165, 1.54) is 30.4 Å². The van der Waals surface area contributed by atoms with Gasteiger partial charge in [0.15, 0.2) is 0 Å². The third-order valence-electron chi connectivity index (χ3n) is 3.66. The van der Waals surface area contributed by atoms with E-state index in [1.54, 1.807) is 13.8 Å². The SMILES string of the molecule is CC(C)(CNc1ccc2c(c1)CCCC2)C(=O)O. The van der Waals surface area contributed by atoms with E-state index in [-0.39, 0.29) is 0 Å². The molecule has 0 amide bonds. The number of benzene rings is 1. The van der Waals surface area contributed by atoms with Crippen molar-refractivity contribution < 1.29 is 9.90 Å². The molecule has 3 heteroatoms. The molecule has 0 saturated heterocycles. The Bertz CT molecular complexity index is 452. The van der Waals surface area contributed by atoms with Crippen LogP contribution in [0.15, 0.2) is 18.2 Å². The van der Waals surface area contributed by atoms with Gasteiger partial charge in [-0.1, -0.05) is 6.07 Å². The number of carboxylic acids is 1. The molecule has 0 radical (unpaired) electrons. The molecule has 2 rings (SSSR count). The molecule has 18 heavy (non-hydrogen) atoms. The highest BCUT2D eigenvalue weighted by molar-refractivity contribution is 5.74. The second-order valence-corrected chi connectivity index (χ2v) is 5.73. The topological polar surface area (TPSA) is 49.3 Å². The molecule has 0 bridgehead atoms. The summed E-state index contributed by atoms with van der Waals surface area (Å²) in [5, 5.41) is 12.3. The van der Waals surface area contributed by atoms with Crippen LogP contribution >= 0.6 is 0 Å². The van der Waals surface area contributed by atoms with Crippen molar-refractivity contribution >= 4 is 11.7 Å². The number of aryl methyl sites for hydroxylation is 2.